The fourth-order valence-corrected chi connectivity index (χ4v) is 2.49. The van der Waals surface area contributed by atoms with Crippen LogP contribution in [-0.2, 0) is 9.59 Å². The number of nitrogens with zero attached hydrogens (tertiary/aromatic N) is 1. The molecule has 1 aliphatic heterocycles. The largest absolute Gasteiger partial charge is 0.348 e. The van der Waals surface area contributed by atoms with Gasteiger partial charge in [0.15, 0.2) is 0 Å². The normalized spacial score (nSPS) is 24.2. The first-order valence-corrected chi connectivity index (χ1v) is 7.04. The number of carbonyl (C=O) groups is 2. The van der Waals surface area contributed by atoms with Gasteiger partial charge in [0.2, 0.25) is 0 Å². The Labute approximate surface area is 110 Å². The van der Waals surface area contributed by atoms with Crippen LogP contribution in [0.2, 0.25) is 0 Å². The van der Waals surface area contributed by atoms with Gasteiger partial charge in [0.1, 0.15) is 0 Å². The molecule has 0 spiro atoms. The van der Waals surface area contributed by atoms with Crippen LogP contribution in [0, 0.1) is 5.92 Å². The molecule has 0 aliphatic carbocycles. The molecule has 0 saturated carbocycles. The summed E-state index contributed by atoms with van der Waals surface area (Å²) in [7, 11) is 0. The first kappa shape index (κ1) is 15.0. The molecule has 0 bridgehead atoms. The van der Waals surface area contributed by atoms with Crippen molar-refractivity contribution in [1.82, 2.24) is 10.2 Å². The maximum Gasteiger partial charge on any atom is 0.312 e. The number of amides is 2. The van der Waals surface area contributed by atoms with E-state index in [-0.39, 0.29) is 18.0 Å². The maximum atomic E-state index is 12.1. The van der Waals surface area contributed by atoms with E-state index in [9.17, 15) is 9.59 Å². The lowest BCUT2D eigenvalue weighted by Gasteiger charge is -2.38. The molecule has 0 aromatic rings. The predicted molar refractivity (Wildman–Crippen MR) is 72.1 cm³/mol. The molecule has 4 heteroatoms. The van der Waals surface area contributed by atoms with Crippen molar-refractivity contribution in [2.24, 2.45) is 5.92 Å². The van der Waals surface area contributed by atoms with E-state index in [1.165, 1.54) is 0 Å². The molecule has 0 aromatic carbocycles. The van der Waals surface area contributed by atoms with Crippen LogP contribution in [0.5, 0.6) is 0 Å². The second kappa shape index (κ2) is 6.76. The first-order chi connectivity index (χ1) is 8.43. The van der Waals surface area contributed by atoms with E-state index < -0.39 is 5.91 Å². The third-order valence-corrected chi connectivity index (χ3v) is 3.63. The highest BCUT2D eigenvalue weighted by atomic mass is 16.2. The van der Waals surface area contributed by atoms with E-state index in [1.54, 1.807) is 4.90 Å². The molecule has 1 rings (SSSR count). The molecule has 2 unspecified atom stereocenters. The van der Waals surface area contributed by atoms with Crippen LogP contribution in [0.25, 0.3) is 0 Å². The van der Waals surface area contributed by atoms with Crippen molar-refractivity contribution < 1.29 is 9.59 Å². The van der Waals surface area contributed by atoms with Crippen LogP contribution < -0.4 is 5.32 Å². The van der Waals surface area contributed by atoms with E-state index in [2.05, 4.69) is 19.2 Å². The van der Waals surface area contributed by atoms with Gasteiger partial charge in [-0.05, 0) is 45.4 Å². The summed E-state index contributed by atoms with van der Waals surface area (Å²) in [6, 6.07) is 0.356. The highest BCUT2D eigenvalue weighted by Gasteiger charge is 2.32. The monoisotopic (exact) mass is 254 g/mol. The van der Waals surface area contributed by atoms with Gasteiger partial charge >= 0.3 is 11.8 Å². The molecule has 0 radical (unpaired) electrons. The number of carbonyl (C=O) groups excluding carboxylic acids is 2. The quantitative estimate of drug-likeness (QED) is 0.782. The van der Waals surface area contributed by atoms with E-state index in [4.69, 9.17) is 0 Å². The Bertz CT molecular complexity index is 292. The number of nitrogens with one attached hydrogen (secondary N) is 1. The Balaban J connectivity index is 2.49. The molecule has 1 aliphatic rings. The maximum absolute atomic E-state index is 12.1. The molecule has 1 saturated heterocycles. The number of piperidine rings is 1. The number of rotatable bonds is 3. The average Bonchev–Trinajstić information content (AvgIpc) is 2.27. The van der Waals surface area contributed by atoms with E-state index in [0.717, 1.165) is 25.7 Å². The van der Waals surface area contributed by atoms with Crippen LogP contribution in [0.15, 0.2) is 0 Å². The van der Waals surface area contributed by atoms with Gasteiger partial charge in [0.05, 0.1) is 0 Å². The van der Waals surface area contributed by atoms with Crippen LogP contribution in [0.1, 0.15) is 53.4 Å². The minimum atomic E-state index is -0.448. The van der Waals surface area contributed by atoms with Gasteiger partial charge in [-0.1, -0.05) is 13.8 Å². The van der Waals surface area contributed by atoms with E-state index >= 15 is 0 Å². The molecule has 2 atom stereocenters. The Morgan fingerprint density at radius 3 is 2.28 bits per heavy atom. The summed E-state index contributed by atoms with van der Waals surface area (Å²) in [6.45, 7) is 8.83. The standard InChI is InChI=1S/C14H26N2O2/c1-10(2)8-9-15-13(17)14(18)16-11(3)6-5-7-12(16)4/h10-12H,5-9H2,1-4H3,(H,15,17). The molecule has 1 fully saturated rings. The predicted octanol–water partition coefficient (Wildman–Crippen LogP) is 1.94. The minimum Gasteiger partial charge on any atom is -0.348 e. The summed E-state index contributed by atoms with van der Waals surface area (Å²) in [5.41, 5.74) is 0. The Morgan fingerprint density at radius 2 is 1.78 bits per heavy atom. The summed E-state index contributed by atoms with van der Waals surface area (Å²) >= 11 is 0. The van der Waals surface area contributed by atoms with E-state index in [1.807, 2.05) is 13.8 Å². The lowest BCUT2D eigenvalue weighted by atomic mass is 9.97. The second-order valence-corrected chi connectivity index (χ2v) is 5.78. The van der Waals surface area contributed by atoms with Crippen molar-refractivity contribution in [2.75, 3.05) is 6.54 Å². The van der Waals surface area contributed by atoms with Gasteiger partial charge in [0.25, 0.3) is 0 Å². The van der Waals surface area contributed by atoms with Gasteiger partial charge in [-0.2, -0.15) is 0 Å². The molecule has 0 aromatic heterocycles. The lowest BCUT2D eigenvalue weighted by Crippen LogP contribution is -2.53. The van der Waals surface area contributed by atoms with Gasteiger partial charge in [-0.15, -0.1) is 0 Å². The molecular formula is C14H26N2O2. The first-order valence-electron chi connectivity index (χ1n) is 7.04. The summed E-state index contributed by atoms with van der Waals surface area (Å²) in [4.78, 5) is 25.7. The summed E-state index contributed by atoms with van der Waals surface area (Å²) in [6.07, 6.45) is 4.04. The molecule has 1 N–H and O–H groups in total. The summed E-state index contributed by atoms with van der Waals surface area (Å²) in [5, 5.41) is 2.72. The third kappa shape index (κ3) is 4.00. The number of hydrogen-bond acceptors (Lipinski definition) is 2. The molecule has 18 heavy (non-hydrogen) atoms. The van der Waals surface area contributed by atoms with Crippen molar-refractivity contribution >= 4 is 11.8 Å². The van der Waals surface area contributed by atoms with Crippen molar-refractivity contribution in [3.63, 3.8) is 0 Å². The fourth-order valence-electron chi connectivity index (χ4n) is 2.49. The van der Waals surface area contributed by atoms with Crippen LogP contribution in [0.4, 0.5) is 0 Å². The Morgan fingerprint density at radius 1 is 1.22 bits per heavy atom. The van der Waals surface area contributed by atoms with Crippen LogP contribution >= 0.6 is 0 Å². The highest BCUT2D eigenvalue weighted by molar-refractivity contribution is 6.35. The summed E-state index contributed by atoms with van der Waals surface area (Å²) in [5.74, 6) is -0.275. The zero-order valence-electron chi connectivity index (χ0n) is 12.0. The SMILES string of the molecule is CC(C)CCNC(=O)C(=O)N1C(C)CCCC1C. The summed E-state index contributed by atoms with van der Waals surface area (Å²) < 4.78 is 0. The average molecular weight is 254 g/mol. The van der Waals surface area contributed by atoms with Gasteiger partial charge in [-0.3, -0.25) is 9.59 Å². The molecule has 104 valence electrons. The van der Waals surface area contributed by atoms with Crippen LogP contribution in [-0.4, -0.2) is 35.3 Å². The highest BCUT2D eigenvalue weighted by Crippen LogP contribution is 2.22. The van der Waals surface area contributed by atoms with E-state index in [0.29, 0.717) is 12.5 Å². The van der Waals surface area contributed by atoms with Gasteiger partial charge in [-0.25, -0.2) is 0 Å². The number of likely N-dealkylation sites (tertiary alicyclic amines) is 1. The third-order valence-electron chi connectivity index (χ3n) is 3.63. The Hall–Kier alpha value is -1.06. The smallest absolute Gasteiger partial charge is 0.312 e. The van der Waals surface area contributed by atoms with Crippen molar-refractivity contribution in [1.29, 1.82) is 0 Å². The molecule has 4 nitrogen and oxygen atoms in total. The molecular weight excluding hydrogens is 228 g/mol. The zero-order chi connectivity index (χ0) is 13.7. The minimum absolute atomic E-state index is 0.178. The van der Waals surface area contributed by atoms with Crippen molar-refractivity contribution in [2.45, 2.75) is 65.5 Å². The van der Waals surface area contributed by atoms with Crippen LogP contribution in [0.3, 0.4) is 0 Å². The lowest BCUT2D eigenvalue weighted by molar-refractivity contribution is -0.150. The molecule has 2 amide bonds. The Kier molecular flexibility index (Phi) is 5.63. The van der Waals surface area contributed by atoms with Gasteiger partial charge in [0, 0.05) is 18.6 Å². The van der Waals surface area contributed by atoms with Gasteiger partial charge < -0.3 is 10.2 Å². The zero-order valence-corrected chi connectivity index (χ0v) is 12.0. The van der Waals surface area contributed by atoms with Crippen molar-refractivity contribution in [3.8, 4) is 0 Å². The number of hydrogen-bond donors (Lipinski definition) is 1. The van der Waals surface area contributed by atoms with Crippen molar-refractivity contribution in [3.05, 3.63) is 0 Å². The fraction of sp³-hybridized carbons (Fsp3) is 0.857. The topological polar surface area (TPSA) is 49.4 Å². The second-order valence-electron chi connectivity index (χ2n) is 5.78. The molecule has 1 heterocycles.